The van der Waals surface area contributed by atoms with Gasteiger partial charge >= 0.3 is 0 Å². The van der Waals surface area contributed by atoms with E-state index in [4.69, 9.17) is 0 Å². The number of alkyl halides is 3. The van der Waals surface area contributed by atoms with Crippen molar-refractivity contribution in [1.29, 1.82) is 0 Å². The molecule has 16 heavy (non-hydrogen) atoms. The van der Waals surface area contributed by atoms with Gasteiger partial charge in [-0.25, -0.2) is 13.2 Å². The van der Waals surface area contributed by atoms with Crippen LogP contribution in [0.25, 0.3) is 0 Å². The summed E-state index contributed by atoms with van der Waals surface area (Å²) in [5.74, 6) is -3.78. The number of rotatable bonds is 4. The molecule has 0 aromatic carbocycles. The third kappa shape index (κ3) is 1.50. The largest absolute Gasteiger partial charge is 0.287 e. The highest BCUT2D eigenvalue weighted by Gasteiger charge is 2.75. The fourth-order valence-electron chi connectivity index (χ4n) is 2.21. The van der Waals surface area contributed by atoms with Crippen molar-refractivity contribution in [1.82, 2.24) is 0 Å². The molecule has 0 nitrogen and oxygen atoms in total. The Labute approximate surface area is 96.6 Å². The Balaban J connectivity index is 3.08. The van der Waals surface area contributed by atoms with E-state index in [-0.39, 0.29) is 6.42 Å². The lowest BCUT2D eigenvalue weighted by Gasteiger charge is -2.47. The highest BCUT2D eigenvalue weighted by atomic mass is 19.3. The van der Waals surface area contributed by atoms with Crippen LogP contribution >= 0.6 is 0 Å². The average molecular weight is 236 g/mol. The van der Waals surface area contributed by atoms with Gasteiger partial charge in [0.05, 0.1) is 0 Å². The molecule has 1 aliphatic rings. The van der Waals surface area contributed by atoms with E-state index in [9.17, 15) is 13.2 Å². The first kappa shape index (κ1) is 13.9. The smallest absolute Gasteiger partial charge is 0.237 e. The first-order valence-corrected chi connectivity index (χ1v) is 6.01. The van der Waals surface area contributed by atoms with Crippen LogP contribution in [0, 0.1) is 16.7 Å². The Morgan fingerprint density at radius 2 is 1.56 bits per heavy atom. The van der Waals surface area contributed by atoms with Crippen LogP contribution in [0.2, 0.25) is 0 Å². The van der Waals surface area contributed by atoms with Crippen molar-refractivity contribution in [2.75, 3.05) is 0 Å². The van der Waals surface area contributed by atoms with E-state index < -0.39 is 28.3 Å². The summed E-state index contributed by atoms with van der Waals surface area (Å²) in [6, 6.07) is 0. The fourth-order valence-corrected chi connectivity index (χ4v) is 2.21. The Morgan fingerprint density at radius 3 is 1.81 bits per heavy atom. The second kappa shape index (κ2) is 3.39. The maximum atomic E-state index is 14.3. The first-order chi connectivity index (χ1) is 6.94. The summed E-state index contributed by atoms with van der Waals surface area (Å²) in [6.45, 7) is 9.99. The third-order valence-electron chi connectivity index (χ3n) is 5.11. The molecule has 0 saturated heterocycles. The monoisotopic (exact) mass is 236 g/mol. The topological polar surface area (TPSA) is 0 Å². The standard InChI is InChI=1S/C13H23F3/c1-7-10(3,4)11(5,6)13(15,16)12(14)8-9(12)2/h9H,7-8H2,1-6H3. The van der Waals surface area contributed by atoms with Crippen molar-refractivity contribution in [3.63, 3.8) is 0 Å². The molecular formula is C13H23F3. The van der Waals surface area contributed by atoms with Gasteiger partial charge in [0, 0.05) is 5.41 Å². The van der Waals surface area contributed by atoms with Gasteiger partial charge in [0.25, 0.3) is 5.92 Å². The predicted molar refractivity (Wildman–Crippen MR) is 60.4 cm³/mol. The van der Waals surface area contributed by atoms with Gasteiger partial charge in [0.2, 0.25) is 0 Å². The Kier molecular flexibility index (Phi) is 2.94. The van der Waals surface area contributed by atoms with Gasteiger partial charge in [-0.15, -0.1) is 0 Å². The lowest BCUT2D eigenvalue weighted by atomic mass is 9.61. The highest BCUT2D eigenvalue weighted by molar-refractivity contribution is 5.17. The van der Waals surface area contributed by atoms with E-state index in [0.717, 1.165) is 0 Å². The third-order valence-corrected chi connectivity index (χ3v) is 5.11. The molecule has 1 fully saturated rings. The first-order valence-electron chi connectivity index (χ1n) is 6.01. The zero-order valence-corrected chi connectivity index (χ0v) is 11.1. The molecule has 96 valence electrons. The summed E-state index contributed by atoms with van der Waals surface area (Å²) in [7, 11) is 0. The molecule has 2 unspecified atom stereocenters. The van der Waals surface area contributed by atoms with Gasteiger partial charge in [-0.05, 0) is 17.8 Å². The minimum atomic E-state index is -3.26. The molecule has 0 radical (unpaired) electrons. The van der Waals surface area contributed by atoms with Gasteiger partial charge in [-0.1, -0.05) is 48.0 Å². The SMILES string of the molecule is CCC(C)(C)C(C)(C)C(F)(F)C1(F)CC1C. The van der Waals surface area contributed by atoms with Crippen molar-refractivity contribution in [3.05, 3.63) is 0 Å². The summed E-state index contributed by atoms with van der Waals surface area (Å²) >= 11 is 0. The molecule has 3 heteroatoms. The molecule has 0 aromatic rings. The zero-order chi connectivity index (χ0) is 13.0. The quantitative estimate of drug-likeness (QED) is 0.655. The average Bonchev–Trinajstić information content (AvgIpc) is 2.76. The van der Waals surface area contributed by atoms with Gasteiger partial charge in [0.1, 0.15) is 0 Å². The molecule has 1 saturated carbocycles. The normalized spacial score (nSPS) is 31.7. The molecule has 1 rings (SSSR count). The Bertz CT molecular complexity index is 261. The van der Waals surface area contributed by atoms with Crippen LogP contribution in [0.1, 0.15) is 54.4 Å². The Hall–Kier alpha value is -0.210. The van der Waals surface area contributed by atoms with Crippen molar-refractivity contribution >= 4 is 0 Å². The lowest BCUT2D eigenvalue weighted by molar-refractivity contribution is -0.212. The molecule has 1 aliphatic carbocycles. The predicted octanol–water partition coefficient (Wildman–Crippen LogP) is 4.83. The Morgan fingerprint density at radius 1 is 1.19 bits per heavy atom. The zero-order valence-electron chi connectivity index (χ0n) is 11.1. The van der Waals surface area contributed by atoms with Crippen LogP contribution in [-0.4, -0.2) is 11.6 Å². The molecule has 2 atom stereocenters. The van der Waals surface area contributed by atoms with Gasteiger partial charge in [-0.3, -0.25) is 0 Å². The summed E-state index contributed by atoms with van der Waals surface area (Å²) in [5.41, 5.74) is -4.21. The van der Waals surface area contributed by atoms with Crippen LogP contribution in [0.4, 0.5) is 13.2 Å². The molecule has 0 bridgehead atoms. The van der Waals surface area contributed by atoms with E-state index in [0.29, 0.717) is 6.42 Å². The van der Waals surface area contributed by atoms with Crippen LogP contribution in [-0.2, 0) is 0 Å². The summed E-state index contributed by atoms with van der Waals surface area (Å²) in [5, 5.41) is 0. The molecule has 0 amide bonds. The fraction of sp³-hybridized carbons (Fsp3) is 1.00. The lowest BCUT2D eigenvalue weighted by Crippen LogP contribution is -2.54. The van der Waals surface area contributed by atoms with Crippen LogP contribution in [0.5, 0.6) is 0 Å². The molecule has 0 heterocycles. The van der Waals surface area contributed by atoms with E-state index in [2.05, 4.69) is 0 Å². The maximum absolute atomic E-state index is 14.3. The minimum absolute atomic E-state index is 0.0107. The molecule has 0 spiro atoms. The molecule has 0 N–H and O–H groups in total. The van der Waals surface area contributed by atoms with Crippen LogP contribution < -0.4 is 0 Å². The van der Waals surface area contributed by atoms with Crippen molar-refractivity contribution in [3.8, 4) is 0 Å². The number of hydrogen-bond donors (Lipinski definition) is 0. The second-order valence-electron chi connectivity index (χ2n) is 6.40. The summed E-state index contributed by atoms with van der Waals surface area (Å²) in [6.07, 6.45) is 0.600. The van der Waals surface area contributed by atoms with Gasteiger partial charge in [-0.2, -0.15) is 0 Å². The van der Waals surface area contributed by atoms with Crippen molar-refractivity contribution in [2.45, 2.75) is 66.0 Å². The number of halogens is 3. The van der Waals surface area contributed by atoms with Crippen molar-refractivity contribution in [2.24, 2.45) is 16.7 Å². The minimum Gasteiger partial charge on any atom is -0.237 e. The van der Waals surface area contributed by atoms with Crippen LogP contribution in [0.3, 0.4) is 0 Å². The molecular weight excluding hydrogens is 213 g/mol. The van der Waals surface area contributed by atoms with E-state index in [1.54, 1.807) is 20.8 Å². The van der Waals surface area contributed by atoms with E-state index >= 15 is 0 Å². The maximum Gasteiger partial charge on any atom is 0.287 e. The van der Waals surface area contributed by atoms with E-state index in [1.807, 2.05) is 6.92 Å². The van der Waals surface area contributed by atoms with Gasteiger partial charge < -0.3 is 0 Å². The van der Waals surface area contributed by atoms with Crippen LogP contribution in [0.15, 0.2) is 0 Å². The summed E-state index contributed by atoms with van der Waals surface area (Å²) in [4.78, 5) is 0. The molecule has 0 aromatic heterocycles. The number of hydrogen-bond acceptors (Lipinski definition) is 0. The van der Waals surface area contributed by atoms with E-state index in [1.165, 1.54) is 13.8 Å². The van der Waals surface area contributed by atoms with Gasteiger partial charge in [0.15, 0.2) is 5.67 Å². The van der Waals surface area contributed by atoms with Crippen molar-refractivity contribution < 1.29 is 13.2 Å². The second-order valence-corrected chi connectivity index (χ2v) is 6.40. The summed E-state index contributed by atoms with van der Waals surface area (Å²) < 4.78 is 42.7. The molecule has 0 aliphatic heterocycles. The highest BCUT2D eigenvalue weighted by Crippen LogP contribution is 2.66.